The lowest BCUT2D eigenvalue weighted by Gasteiger charge is -2.04. The molecular weight excluding hydrogens is 338 g/mol. The van der Waals surface area contributed by atoms with Gasteiger partial charge < -0.3 is 0 Å². The minimum Gasteiger partial charge on any atom is -0.263 e. The summed E-state index contributed by atoms with van der Waals surface area (Å²) in [5.41, 5.74) is 0. The van der Waals surface area contributed by atoms with Crippen LogP contribution in [0.25, 0.3) is 0 Å². The molecule has 2 aromatic heterocycles. The van der Waals surface area contributed by atoms with Crippen molar-refractivity contribution >= 4 is 43.1 Å². The molecule has 92 valence electrons. The highest BCUT2D eigenvalue weighted by Crippen LogP contribution is 2.23. The molecule has 2 heterocycles. The van der Waals surface area contributed by atoms with Crippen molar-refractivity contribution in [1.82, 2.24) is 4.98 Å². The molecule has 1 N–H and O–H groups in total. The molecule has 0 fully saturated rings. The van der Waals surface area contributed by atoms with Gasteiger partial charge in [-0.25, -0.2) is 13.4 Å². The molecule has 0 spiro atoms. The highest BCUT2D eigenvalue weighted by molar-refractivity contribution is 9.10. The summed E-state index contributed by atoms with van der Waals surface area (Å²) in [5, 5.41) is 8.66. The second kappa shape index (κ2) is 5.06. The number of nitrogens with zero attached hydrogens (tertiary/aromatic N) is 2. The van der Waals surface area contributed by atoms with E-state index in [1.54, 1.807) is 12.1 Å². The second-order valence-corrected chi connectivity index (χ2v) is 7.11. The summed E-state index contributed by atoms with van der Waals surface area (Å²) in [7, 11) is -3.68. The van der Waals surface area contributed by atoms with Crippen LogP contribution in [0.3, 0.4) is 0 Å². The van der Waals surface area contributed by atoms with Crippen molar-refractivity contribution in [1.29, 1.82) is 5.26 Å². The summed E-state index contributed by atoms with van der Waals surface area (Å²) in [6.45, 7) is 0. The maximum absolute atomic E-state index is 12.0. The van der Waals surface area contributed by atoms with Gasteiger partial charge in [0.1, 0.15) is 21.0 Å². The van der Waals surface area contributed by atoms with Crippen molar-refractivity contribution in [3.63, 3.8) is 0 Å². The van der Waals surface area contributed by atoms with Crippen LogP contribution in [0.15, 0.2) is 39.1 Å². The number of nitriles is 1. The molecule has 0 amide bonds. The van der Waals surface area contributed by atoms with Crippen molar-refractivity contribution in [3.8, 4) is 6.07 Å². The third kappa shape index (κ3) is 2.87. The normalized spacial score (nSPS) is 10.9. The van der Waals surface area contributed by atoms with Crippen LogP contribution in [-0.2, 0) is 10.0 Å². The predicted molar refractivity (Wildman–Crippen MR) is 71.8 cm³/mol. The van der Waals surface area contributed by atoms with Crippen LogP contribution in [0.1, 0.15) is 4.88 Å². The summed E-state index contributed by atoms with van der Waals surface area (Å²) in [6.07, 6.45) is 1.49. The number of nitrogens with one attached hydrogen (secondary N) is 1. The number of hydrogen-bond acceptors (Lipinski definition) is 5. The Morgan fingerprint density at radius 2 is 2.11 bits per heavy atom. The number of anilines is 1. The Morgan fingerprint density at radius 1 is 1.33 bits per heavy atom. The molecule has 8 heteroatoms. The molecule has 5 nitrogen and oxygen atoms in total. The van der Waals surface area contributed by atoms with E-state index in [2.05, 4.69) is 25.6 Å². The molecular formula is C10H6BrN3O2S2. The van der Waals surface area contributed by atoms with E-state index in [1.807, 2.05) is 6.07 Å². The van der Waals surface area contributed by atoms with Gasteiger partial charge in [0.15, 0.2) is 0 Å². The van der Waals surface area contributed by atoms with E-state index in [1.165, 1.54) is 18.3 Å². The van der Waals surface area contributed by atoms with Crippen LogP contribution in [0.5, 0.6) is 0 Å². The van der Waals surface area contributed by atoms with E-state index < -0.39 is 10.0 Å². The molecule has 0 aliphatic carbocycles. The van der Waals surface area contributed by atoms with Crippen molar-refractivity contribution in [2.75, 3.05) is 4.72 Å². The first-order chi connectivity index (χ1) is 8.51. The average Bonchev–Trinajstić information content (AvgIpc) is 2.81. The van der Waals surface area contributed by atoms with Gasteiger partial charge in [0.25, 0.3) is 10.0 Å². The third-order valence-corrected chi connectivity index (χ3v) is 5.23. The van der Waals surface area contributed by atoms with Crippen molar-refractivity contribution in [2.45, 2.75) is 4.21 Å². The molecule has 0 bridgehead atoms. The van der Waals surface area contributed by atoms with Gasteiger partial charge in [0, 0.05) is 10.7 Å². The Balaban J connectivity index is 2.27. The highest BCUT2D eigenvalue weighted by atomic mass is 79.9. The number of hydrogen-bond donors (Lipinski definition) is 1. The van der Waals surface area contributed by atoms with Crippen LogP contribution in [0.2, 0.25) is 0 Å². The van der Waals surface area contributed by atoms with Crippen LogP contribution in [0.4, 0.5) is 5.82 Å². The maximum atomic E-state index is 12.0. The molecule has 0 unspecified atom stereocenters. The molecule has 0 aromatic carbocycles. The Labute approximate surface area is 116 Å². The molecule has 0 aliphatic rings. The zero-order chi connectivity index (χ0) is 13.2. The number of pyridine rings is 1. The molecule has 0 aliphatic heterocycles. The molecule has 0 radical (unpaired) electrons. The van der Waals surface area contributed by atoms with Gasteiger partial charge in [0.2, 0.25) is 0 Å². The van der Waals surface area contributed by atoms with Gasteiger partial charge in [-0.15, -0.1) is 11.3 Å². The first-order valence-corrected chi connectivity index (χ1v) is 7.75. The number of halogens is 1. The van der Waals surface area contributed by atoms with Gasteiger partial charge >= 0.3 is 0 Å². The first kappa shape index (κ1) is 13.0. The van der Waals surface area contributed by atoms with Gasteiger partial charge in [-0.2, -0.15) is 5.26 Å². The Bertz CT molecular complexity index is 701. The smallest absolute Gasteiger partial charge is 0.263 e. The number of aromatic nitrogens is 1. The lowest BCUT2D eigenvalue weighted by atomic mass is 10.5. The first-order valence-electron chi connectivity index (χ1n) is 4.65. The van der Waals surface area contributed by atoms with Gasteiger partial charge in [-0.1, -0.05) is 0 Å². The summed E-state index contributed by atoms with van der Waals surface area (Å²) >= 11 is 4.12. The van der Waals surface area contributed by atoms with E-state index in [0.29, 0.717) is 4.88 Å². The third-order valence-electron chi connectivity index (χ3n) is 1.92. The lowest BCUT2D eigenvalue weighted by molar-refractivity contribution is 0.603. The van der Waals surface area contributed by atoms with E-state index in [4.69, 9.17) is 5.26 Å². The maximum Gasteiger partial charge on any atom is 0.272 e. The summed E-state index contributed by atoms with van der Waals surface area (Å²) in [5.74, 6) is 0.227. The number of thiophene rings is 1. The van der Waals surface area contributed by atoms with E-state index >= 15 is 0 Å². The fourth-order valence-corrected chi connectivity index (χ4v) is 3.49. The number of sulfonamides is 1. The quantitative estimate of drug-likeness (QED) is 0.928. The zero-order valence-corrected chi connectivity index (χ0v) is 12.0. The van der Waals surface area contributed by atoms with Gasteiger partial charge in [0.05, 0.1) is 0 Å². The predicted octanol–water partition coefficient (Wildman–Crippen LogP) is 2.58. The standard InChI is InChI=1S/C10H6BrN3O2S2/c11-7-1-3-9(13-6-7)14-18(15,16)10-4-2-8(5-12)17-10/h1-4,6H,(H,13,14). The number of rotatable bonds is 3. The monoisotopic (exact) mass is 343 g/mol. The Morgan fingerprint density at radius 3 is 2.67 bits per heavy atom. The second-order valence-electron chi connectivity index (χ2n) is 3.20. The van der Waals surface area contributed by atoms with Crippen molar-refractivity contribution in [2.24, 2.45) is 0 Å². The summed E-state index contributed by atoms with van der Waals surface area (Å²) in [6, 6.07) is 7.98. The minimum atomic E-state index is -3.68. The molecule has 2 aromatic rings. The topological polar surface area (TPSA) is 82.8 Å². The molecule has 18 heavy (non-hydrogen) atoms. The largest absolute Gasteiger partial charge is 0.272 e. The van der Waals surface area contributed by atoms with Crippen LogP contribution in [0, 0.1) is 11.3 Å². The molecule has 2 rings (SSSR count). The van der Waals surface area contributed by atoms with E-state index in [9.17, 15) is 8.42 Å². The SMILES string of the molecule is N#Cc1ccc(S(=O)(=O)Nc2ccc(Br)cn2)s1. The lowest BCUT2D eigenvalue weighted by Crippen LogP contribution is -2.12. The summed E-state index contributed by atoms with van der Waals surface area (Å²) in [4.78, 5) is 4.26. The molecule has 0 atom stereocenters. The Hall–Kier alpha value is -1.43. The Kier molecular flexibility index (Phi) is 3.65. The van der Waals surface area contributed by atoms with E-state index in [0.717, 1.165) is 15.8 Å². The fourth-order valence-electron chi connectivity index (χ4n) is 1.15. The van der Waals surface area contributed by atoms with Gasteiger partial charge in [-0.3, -0.25) is 4.72 Å². The highest BCUT2D eigenvalue weighted by Gasteiger charge is 2.17. The van der Waals surface area contributed by atoms with Crippen molar-refractivity contribution < 1.29 is 8.42 Å². The van der Waals surface area contributed by atoms with Crippen LogP contribution in [-0.4, -0.2) is 13.4 Å². The van der Waals surface area contributed by atoms with Crippen molar-refractivity contribution in [3.05, 3.63) is 39.8 Å². The fraction of sp³-hybridized carbons (Fsp3) is 0. The molecule has 0 saturated carbocycles. The van der Waals surface area contributed by atoms with E-state index in [-0.39, 0.29) is 10.0 Å². The zero-order valence-electron chi connectivity index (χ0n) is 8.79. The van der Waals surface area contributed by atoms with Crippen LogP contribution >= 0.6 is 27.3 Å². The van der Waals surface area contributed by atoms with Crippen LogP contribution < -0.4 is 4.72 Å². The average molecular weight is 344 g/mol. The summed E-state index contributed by atoms with van der Waals surface area (Å²) < 4.78 is 27.1. The van der Waals surface area contributed by atoms with Gasteiger partial charge in [-0.05, 0) is 40.2 Å². The molecule has 0 saturated heterocycles. The minimum absolute atomic E-state index is 0.0868.